The Hall–Kier alpha value is -1.60. The van der Waals surface area contributed by atoms with Crippen molar-refractivity contribution in [3.8, 4) is 0 Å². The summed E-state index contributed by atoms with van der Waals surface area (Å²) >= 11 is 3.00. The number of nitrogens with one attached hydrogen (secondary N) is 1. The molecule has 7 heteroatoms. The molecule has 0 unspecified atom stereocenters. The molecular formula is C19H24N4OS2. The number of para-hydroxylation sites is 1. The van der Waals surface area contributed by atoms with Gasteiger partial charge in [-0.15, -0.1) is 10.2 Å². The lowest BCUT2D eigenvalue weighted by molar-refractivity contribution is -0.134. The zero-order valence-corrected chi connectivity index (χ0v) is 16.4. The van der Waals surface area contributed by atoms with Crippen LogP contribution in [0.15, 0.2) is 34.7 Å². The van der Waals surface area contributed by atoms with Gasteiger partial charge in [0.15, 0.2) is 4.34 Å². The summed E-state index contributed by atoms with van der Waals surface area (Å²) in [5.74, 6) is 1.46. The Kier molecular flexibility index (Phi) is 5.75. The number of thioether (sulfide) groups is 1. The number of carbonyl (C=O) groups is 1. The molecule has 1 N–H and O–H groups in total. The molecule has 2 aromatic rings. The van der Waals surface area contributed by atoms with Gasteiger partial charge in [0.05, 0.1) is 5.75 Å². The number of amides is 1. The molecule has 5 nitrogen and oxygen atoms in total. The first kappa shape index (κ1) is 17.8. The molecule has 26 heavy (non-hydrogen) atoms. The van der Waals surface area contributed by atoms with E-state index in [9.17, 15) is 4.79 Å². The van der Waals surface area contributed by atoms with E-state index < -0.39 is 0 Å². The van der Waals surface area contributed by atoms with Gasteiger partial charge in [0.25, 0.3) is 0 Å². The Morgan fingerprint density at radius 3 is 2.85 bits per heavy atom. The van der Waals surface area contributed by atoms with Crippen LogP contribution in [0.25, 0.3) is 0 Å². The van der Waals surface area contributed by atoms with Gasteiger partial charge in [-0.25, -0.2) is 0 Å². The van der Waals surface area contributed by atoms with Crippen molar-refractivity contribution in [1.82, 2.24) is 15.1 Å². The largest absolute Gasteiger partial charge is 0.339 e. The summed E-state index contributed by atoms with van der Waals surface area (Å²) in [6.07, 6.45) is 7.54. The molecule has 1 aliphatic carbocycles. The molecule has 0 bridgehead atoms. The van der Waals surface area contributed by atoms with Crippen molar-refractivity contribution >= 4 is 39.8 Å². The first-order valence-electron chi connectivity index (χ1n) is 9.37. The lowest BCUT2D eigenvalue weighted by atomic mass is 9.78. The molecule has 138 valence electrons. The standard InChI is InChI=1S/C19H24N4OS2/c24-17(23-12-6-8-14-7-4-5-11-16(14)23)13-25-19-22-21-18(26-19)20-15-9-2-1-3-10-15/h1-3,9-10,14,16H,4-8,11-13H2,(H,20,21)/t14-,16+/m1/s1. The highest BCUT2D eigenvalue weighted by molar-refractivity contribution is 8.01. The molecule has 1 aromatic heterocycles. The summed E-state index contributed by atoms with van der Waals surface area (Å²) in [5.41, 5.74) is 0.993. The van der Waals surface area contributed by atoms with Gasteiger partial charge >= 0.3 is 0 Å². The number of hydrogen-bond donors (Lipinski definition) is 1. The summed E-state index contributed by atoms with van der Waals surface area (Å²) in [5, 5.41) is 12.4. The van der Waals surface area contributed by atoms with Gasteiger partial charge < -0.3 is 10.2 Å². The minimum absolute atomic E-state index is 0.263. The van der Waals surface area contributed by atoms with E-state index in [2.05, 4.69) is 20.4 Å². The van der Waals surface area contributed by atoms with Crippen molar-refractivity contribution in [2.75, 3.05) is 17.6 Å². The van der Waals surface area contributed by atoms with Crippen LogP contribution in [0, 0.1) is 5.92 Å². The van der Waals surface area contributed by atoms with Gasteiger partial charge in [0.2, 0.25) is 11.0 Å². The van der Waals surface area contributed by atoms with E-state index in [1.54, 1.807) is 0 Å². The first-order chi connectivity index (χ1) is 12.8. The van der Waals surface area contributed by atoms with Crippen molar-refractivity contribution in [2.45, 2.75) is 48.9 Å². The molecule has 0 radical (unpaired) electrons. The fourth-order valence-corrected chi connectivity index (χ4v) is 5.76. The van der Waals surface area contributed by atoms with Crippen LogP contribution >= 0.6 is 23.1 Å². The summed E-state index contributed by atoms with van der Waals surface area (Å²) < 4.78 is 0.842. The van der Waals surface area contributed by atoms with Crippen LogP contribution in [-0.2, 0) is 4.79 Å². The lowest BCUT2D eigenvalue weighted by Gasteiger charge is -2.44. The average molecular weight is 389 g/mol. The van der Waals surface area contributed by atoms with Crippen molar-refractivity contribution in [2.24, 2.45) is 5.92 Å². The van der Waals surface area contributed by atoms with E-state index in [4.69, 9.17) is 0 Å². The number of carbonyl (C=O) groups excluding carboxylic acids is 1. The Labute approximate surface area is 162 Å². The Morgan fingerprint density at radius 1 is 1.15 bits per heavy atom. The fourth-order valence-electron chi connectivity index (χ4n) is 4.10. The molecule has 2 aliphatic rings. The maximum absolute atomic E-state index is 12.8. The summed E-state index contributed by atoms with van der Waals surface area (Å²) in [4.78, 5) is 14.9. The van der Waals surface area contributed by atoms with Crippen LogP contribution in [0.5, 0.6) is 0 Å². The zero-order chi connectivity index (χ0) is 17.8. The molecule has 1 amide bonds. The van der Waals surface area contributed by atoms with Gasteiger partial charge in [-0.3, -0.25) is 4.79 Å². The predicted molar refractivity (Wildman–Crippen MR) is 107 cm³/mol. The van der Waals surface area contributed by atoms with Crippen molar-refractivity contribution in [3.05, 3.63) is 30.3 Å². The summed E-state index contributed by atoms with van der Waals surface area (Å²) in [6, 6.07) is 10.4. The van der Waals surface area contributed by atoms with Gasteiger partial charge in [0.1, 0.15) is 0 Å². The number of fused-ring (bicyclic) bond motifs is 1. The van der Waals surface area contributed by atoms with Gasteiger partial charge in [-0.1, -0.05) is 54.1 Å². The van der Waals surface area contributed by atoms with E-state index >= 15 is 0 Å². The van der Waals surface area contributed by atoms with Crippen LogP contribution in [-0.4, -0.2) is 39.3 Å². The molecule has 0 spiro atoms. The van der Waals surface area contributed by atoms with Crippen molar-refractivity contribution in [1.29, 1.82) is 0 Å². The molecule has 1 aliphatic heterocycles. The highest BCUT2D eigenvalue weighted by Gasteiger charge is 2.35. The van der Waals surface area contributed by atoms with Gasteiger partial charge in [0, 0.05) is 18.3 Å². The predicted octanol–water partition coefficient (Wildman–Crippen LogP) is 4.56. The number of piperidine rings is 1. The SMILES string of the molecule is O=C(CSc1nnc(Nc2ccccc2)s1)N1CCC[C@H]2CCCC[C@@H]21. The monoisotopic (exact) mass is 388 g/mol. The second kappa shape index (κ2) is 8.39. The quantitative estimate of drug-likeness (QED) is 0.761. The molecule has 2 heterocycles. The first-order valence-corrected chi connectivity index (χ1v) is 11.2. The third-order valence-corrected chi connectivity index (χ3v) is 7.27. The Bertz CT molecular complexity index is 734. The molecule has 2 atom stereocenters. The minimum atomic E-state index is 0.263. The van der Waals surface area contributed by atoms with Crippen LogP contribution in [0.4, 0.5) is 10.8 Å². The normalized spacial score (nSPS) is 22.7. The third-order valence-electron chi connectivity index (χ3n) is 5.31. The molecule has 1 aromatic carbocycles. The summed E-state index contributed by atoms with van der Waals surface area (Å²) in [6.45, 7) is 0.928. The van der Waals surface area contributed by atoms with Crippen LogP contribution in [0.2, 0.25) is 0 Å². The molecular weight excluding hydrogens is 364 g/mol. The second-order valence-corrected chi connectivity index (χ2v) is 9.19. The third kappa shape index (κ3) is 4.20. The maximum Gasteiger partial charge on any atom is 0.233 e. The molecule has 4 rings (SSSR count). The smallest absolute Gasteiger partial charge is 0.233 e. The van der Waals surface area contributed by atoms with E-state index in [1.807, 2.05) is 30.3 Å². The average Bonchev–Trinajstić information content (AvgIpc) is 3.14. The van der Waals surface area contributed by atoms with E-state index in [0.717, 1.165) is 34.0 Å². The molecule has 1 saturated carbocycles. The van der Waals surface area contributed by atoms with Crippen LogP contribution in [0.1, 0.15) is 38.5 Å². The zero-order valence-electron chi connectivity index (χ0n) is 14.8. The van der Waals surface area contributed by atoms with Gasteiger partial charge in [-0.05, 0) is 43.7 Å². The van der Waals surface area contributed by atoms with Crippen LogP contribution in [0.3, 0.4) is 0 Å². The lowest BCUT2D eigenvalue weighted by Crippen LogP contribution is -2.50. The minimum Gasteiger partial charge on any atom is -0.339 e. The number of benzene rings is 1. The number of likely N-dealkylation sites (tertiary alicyclic amines) is 1. The van der Waals surface area contributed by atoms with Crippen LogP contribution < -0.4 is 5.32 Å². The highest BCUT2D eigenvalue weighted by atomic mass is 32.2. The van der Waals surface area contributed by atoms with Crippen molar-refractivity contribution in [3.63, 3.8) is 0 Å². The number of rotatable bonds is 5. The number of nitrogens with zero attached hydrogens (tertiary/aromatic N) is 3. The number of anilines is 2. The topological polar surface area (TPSA) is 58.1 Å². The number of hydrogen-bond acceptors (Lipinski definition) is 6. The molecule has 2 fully saturated rings. The van der Waals surface area contributed by atoms with E-state index in [1.165, 1.54) is 55.2 Å². The maximum atomic E-state index is 12.8. The molecule has 1 saturated heterocycles. The highest BCUT2D eigenvalue weighted by Crippen LogP contribution is 2.36. The van der Waals surface area contributed by atoms with Crippen molar-refractivity contribution < 1.29 is 4.79 Å². The van der Waals surface area contributed by atoms with E-state index in [0.29, 0.717) is 11.8 Å². The fraction of sp³-hybridized carbons (Fsp3) is 0.526. The Morgan fingerprint density at radius 2 is 1.96 bits per heavy atom. The van der Waals surface area contributed by atoms with Gasteiger partial charge in [-0.2, -0.15) is 0 Å². The summed E-state index contributed by atoms with van der Waals surface area (Å²) in [7, 11) is 0. The number of aromatic nitrogens is 2. The van der Waals surface area contributed by atoms with E-state index in [-0.39, 0.29) is 5.91 Å². The Balaban J connectivity index is 1.31. The second-order valence-electron chi connectivity index (χ2n) is 6.99.